The van der Waals surface area contributed by atoms with Gasteiger partial charge in [-0.05, 0) is 43.0 Å². The minimum atomic E-state index is -1.26. The first-order valence-corrected chi connectivity index (χ1v) is 12.5. The number of allylic oxidation sites excluding steroid dienone is 1. The Kier molecular flexibility index (Phi) is 13.6. The van der Waals surface area contributed by atoms with Crippen LogP contribution < -0.4 is 4.74 Å². The third-order valence-corrected chi connectivity index (χ3v) is 5.76. The first-order valence-electron chi connectivity index (χ1n) is 12.5. The van der Waals surface area contributed by atoms with Gasteiger partial charge < -0.3 is 24.6 Å². The summed E-state index contributed by atoms with van der Waals surface area (Å²) in [6.07, 6.45) is 7.42. The topological polar surface area (TPSA) is 134 Å². The summed E-state index contributed by atoms with van der Waals surface area (Å²) in [5.41, 5.74) is 2.11. The third kappa shape index (κ3) is 12.3. The molecule has 0 atom stereocenters. The van der Waals surface area contributed by atoms with Gasteiger partial charge in [0.15, 0.2) is 5.78 Å². The van der Waals surface area contributed by atoms with Crippen molar-refractivity contribution in [2.45, 2.75) is 0 Å². The summed E-state index contributed by atoms with van der Waals surface area (Å²) in [6.45, 7) is 5.12. The smallest absolute Gasteiger partial charge is 0.330 e. The summed E-state index contributed by atoms with van der Waals surface area (Å²) in [4.78, 5) is 48.4. The third-order valence-electron chi connectivity index (χ3n) is 5.76. The Bertz CT molecular complexity index is 1210. The summed E-state index contributed by atoms with van der Waals surface area (Å²) in [5.74, 6) is -2.47. The monoisotopic (exact) mass is 550 g/mol. The van der Waals surface area contributed by atoms with E-state index in [-0.39, 0.29) is 5.78 Å². The van der Waals surface area contributed by atoms with Crippen LogP contribution in [0.4, 0.5) is 0 Å². The lowest BCUT2D eigenvalue weighted by Crippen LogP contribution is -2.45. The van der Waals surface area contributed by atoms with Crippen molar-refractivity contribution in [3.8, 4) is 5.75 Å². The zero-order valence-corrected chi connectivity index (χ0v) is 22.6. The highest BCUT2D eigenvalue weighted by molar-refractivity contribution is 6.07. The van der Waals surface area contributed by atoms with Crippen molar-refractivity contribution < 1.29 is 38.9 Å². The Morgan fingerprint density at radius 2 is 1.50 bits per heavy atom. The molecule has 0 saturated carbocycles. The molecule has 0 bridgehead atoms. The Labute approximate surface area is 233 Å². The van der Waals surface area contributed by atoms with Crippen LogP contribution in [-0.4, -0.2) is 97.2 Å². The van der Waals surface area contributed by atoms with E-state index in [1.807, 2.05) is 30.3 Å². The number of esters is 1. The lowest BCUT2D eigenvalue weighted by molar-refractivity contribution is -0.138. The van der Waals surface area contributed by atoms with Gasteiger partial charge in [0, 0.05) is 62.1 Å². The van der Waals surface area contributed by atoms with Gasteiger partial charge in [-0.2, -0.15) is 0 Å². The number of ketones is 1. The molecule has 212 valence electrons. The maximum absolute atomic E-state index is 12.6. The normalized spacial score (nSPS) is 14.2. The van der Waals surface area contributed by atoms with Crippen molar-refractivity contribution in [1.82, 2.24) is 9.80 Å². The van der Waals surface area contributed by atoms with E-state index in [0.717, 1.165) is 38.3 Å². The average Bonchev–Trinajstić information content (AvgIpc) is 2.95. The van der Waals surface area contributed by atoms with E-state index in [9.17, 15) is 19.2 Å². The number of likely N-dealkylation sites (N-methyl/N-ethyl adjacent to an activating group) is 1. The Morgan fingerprint density at radius 1 is 0.850 bits per heavy atom. The van der Waals surface area contributed by atoms with Crippen LogP contribution in [0.25, 0.3) is 12.2 Å². The predicted molar refractivity (Wildman–Crippen MR) is 151 cm³/mol. The van der Waals surface area contributed by atoms with Gasteiger partial charge in [0.2, 0.25) is 0 Å². The molecule has 1 aliphatic rings. The van der Waals surface area contributed by atoms with Crippen molar-refractivity contribution >= 4 is 35.8 Å². The fourth-order valence-corrected chi connectivity index (χ4v) is 3.55. The van der Waals surface area contributed by atoms with Crippen LogP contribution in [0.2, 0.25) is 0 Å². The number of carbonyl (C=O) groups is 4. The second-order valence-electron chi connectivity index (χ2n) is 8.72. The van der Waals surface area contributed by atoms with E-state index in [4.69, 9.17) is 19.7 Å². The molecular formula is C30H34N2O8. The van der Waals surface area contributed by atoms with Crippen molar-refractivity contribution in [3.63, 3.8) is 0 Å². The average molecular weight is 551 g/mol. The molecule has 10 nitrogen and oxygen atoms in total. The van der Waals surface area contributed by atoms with E-state index in [0.29, 0.717) is 35.6 Å². The number of aliphatic carboxylic acids is 2. The first kappa shape index (κ1) is 31.7. The van der Waals surface area contributed by atoms with Crippen LogP contribution in [0, 0.1) is 0 Å². The molecule has 0 spiro atoms. The predicted octanol–water partition coefficient (Wildman–Crippen LogP) is 3.11. The van der Waals surface area contributed by atoms with Gasteiger partial charge in [0.05, 0.1) is 7.11 Å². The Hall–Kier alpha value is -4.54. The van der Waals surface area contributed by atoms with Crippen molar-refractivity contribution in [1.29, 1.82) is 0 Å². The standard InChI is InChI=1S/C26H30N2O4.C4H4O4/c1-27-14-16-28(17-15-27)18-19-32-26(30)13-10-23-20-22(9-12-25(23)31-2)24(29)11-8-21-6-4-3-5-7-21;5-3(6)1-2-4(7)8/h3-13,20H,14-19H2,1-2H3;1-2H,(H,5,6)(H,7,8). The van der Waals surface area contributed by atoms with Gasteiger partial charge in [-0.15, -0.1) is 0 Å². The minimum Gasteiger partial charge on any atom is -0.496 e. The van der Waals surface area contributed by atoms with Crippen LogP contribution in [0.3, 0.4) is 0 Å². The molecule has 0 unspecified atom stereocenters. The molecule has 1 heterocycles. The van der Waals surface area contributed by atoms with Crippen molar-refractivity contribution in [2.24, 2.45) is 0 Å². The molecule has 40 heavy (non-hydrogen) atoms. The number of benzene rings is 2. The van der Waals surface area contributed by atoms with Crippen LogP contribution in [0.15, 0.2) is 72.8 Å². The van der Waals surface area contributed by atoms with Crippen molar-refractivity contribution in [2.75, 3.05) is 53.5 Å². The largest absolute Gasteiger partial charge is 0.496 e. The summed E-state index contributed by atoms with van der Waals surface area (Å²) in [6, 6.07) is 14.8. The number of carboxylic acid groups (broad SMARTS) is 2. The van der Waals surface area contributed by atoms with Crippen LogP contribution in [0.1, 0.15) is 21.5 Å². The number of piperazine rings is 1. The number of hydrogen-bond donors (Lipinski definition) is 2. The second kappa shape index (κ2) is 17.1. The molecule has 2 aromatic rings. The molecule has 2 aromatic carbocycles. The number of hydrogen-bond acceptors (Lipinski definition) is 8. The lowest BCUT2D eigenvalue weighted by Gasteiger charge is -2.31. The molecule has 10 heteroatoms. The second-order valence-corrected chi connectivity index (χ2v) is 8.72. The van der Waals surface area contributed by atoms with Gasteiger partial charge in [-0.25, -0.2) is 14.4 Å². The summed E-state index contributed by atoms with van der Waals surface area (Å²) >= 11 is 0. The molecular weight excluding hydrogens is 516 g/mol. The van der Waals surface area contributed by atoms with Crippen LogP contribution >= 0.6 is 0 Å². The molecule has 0 aliphatic carbocycles. The van der Waals surface area contributed by atoms with Crippen LogP contribution in [-0.2, 0) is 19.1 Å². The Balaban J connectivity index is 0.000000611. The van der Waals surface area contributed by atoms with E-state index >= 15 is 0 Å². The SMILES string of the molecule is COc1ccc(C(=O)C=Cc2ccccc2)cc1C=CC(=O)OCCN1CCN(C)CC1.O=C(O)C=CC(=O)O. The Morgan fingerprint density at radius 3 is 2.10 bits per heavy atom. The molecule has 1 saturated heterocycles. The van der Waals surface area contributed by atoms with Crippen molar-refractivity contribution in [3.05, 3.63) is 89.5 Å². The van der Waals surface area contributed by atoms with Gasteiger partial charge in [-0.3, -0.25) is 9.69 Å². The molecule has 2 N–H and O–H groups in total. The quantitative estimate of drug-likeness (QED) is 0.244. The van der Waals surface area contributed by atoms with Gasteiger partial charge in [-0.1, -0.05) is 36.4 Å². The maximum Gasteiger partial charge on any atom is 0.330 e. The number of nitrogens with zero attached hydrogens (tertiary/aromatic N) is 2. The van der Waals surface area contributed by atoms with Crippen LogP contribution in [0.5, 0.6) is 5.75 Å². The van der Waals surface area contributed by atoms with E-state index < -0.39 is 17.9 Å². The fourth-order valence-electron chi connectivity index (χ4n) is 3.55. The molecule has 0 amide bonds. The molecule has 0 radical (unpaired) electrons. The highest BCUT2D eigenvalue weighted by Crippen LogP contribution is 2.22. The van der Waals surface area contributed by atoms with Gasteiger partial charge >= 0.3 is 17.9 Å². The number of rotatable bonds is 11. The summed E-state index contributed by atoms with van der Waals surface area (Å²) < 4.78 is 10.7. The molecule has 1 fully saturated rings. The maximum atomic E-state index is 12.6. The highest BCUT2D eigenvalue weighted by Gasteiger charge is 2.13. The minimum absolute atomic E-state index is 0.124. The van der Waals surface area contributed by atoms with E-state index in [1.54, 1.807) is 37.5 Å². The number of ether oxygens (including phenoxy) is 2. The fraction of sp³-hybridized carbons (Fsp3) is 0.267. The van der Waals surface area contributed by atoms with Gasteiger partial charge in [0.25, 0.3) is 0 Å². The zero-order valence-electron chi connectivity index (χ0n) is 22.6. The van der Waals surface area contributed by atoms with E-state index in [2.05, 4.69) is 16.8 Å². The summed E-state index contributed by atoms with van der Waals surface area (Å²) in [5, 5.41) is 15.6. The van der Waals surface area contributed by atoms with Gasteiger partial charge in [0.1, 0.15) is 12.4 Å². The first-order chi connectivity index (χ1) is 19.2. The molecule has 1 aliphatic heterocycles. The summed E-state index contributed by atoms with van der Waals surface area (Å²) in [7, 11) is 3.66. The molecule has 3 rings (SSSR count). The lowest BCUT2D eigenvalue weighted by atomic mass is 10.0. The zero-order chi connectivity index (χ0) is 29.3. The van der Waals surface area contributed by atoms with E-state index in [1.165, 1.54) is 12.2 Å². The molecule has 0 aromatic heterocycles. The highest BCUT2D eigenvalue weighted by atomic mass is 16.5. The number of carboxylic acids is 2. The number of methoxy groups -OCH3 is 1. The number of carbonyl (C=O) groups excluding carboxylic acids is 2.